The lowest BCUT2D eigenvalue weighted by molar-refractivity contribution is 0.415. The van der Waals surface area contributed by atoms with Gasteiger partial charge in [-0.3, -0.25) is 0 Å². The molecule has 0 aliphatic rings. The molecular weight excluding hydrogens is 312 g/mol. The van der Waals surface area contributed by atoms with Crippen molar-refractivity contribution in [3.05, 3.63) is 42.5 Å². The van der Waals surface area contributed by atoms with Crippen LogP contribution in [0.1, 0.15) is 13.8 Å². The van der Waals surface area contributed by atoms with Crippen molar-refractivity contribution in [1.82, 2.24) is 4.31 Å². The molecule has 0 atom stereocenters. The fourth-order valence-corrected chi connectivity index (χ4v) is 4.17. The second kappa shape index (κ2) is 7.02. The first-order chi connectivity index (χ1) is 10.9. The molecule has 0 aromatic heterocycles. The molecule has 2 N–H and O–H groups in total. The Hall–Kier alpha value is -2.05. The highest BCUT2D eigenvalue weighted by Crippen LogP contribution is 2.32. The monoisotopic (exact) mass is 334 g/mol. The van der Waals surface area contributed by atoms with Gasteiger partial charge in [0.2, 0.25) is 10.0 Å². The third-order valence-electron chi connectivity index (χ3n) is 3.73. The fourth-order valence-electron chi connectivity index (χ4n) is 2.46. The molecule has 23 heavy (non-hydrogen) atoms. The standard InChI is InChI=1S/C17H22N2O3S/c1-4-19(5-2)23(20,21)17-12-14(18)8-11-16(17)13-6-9-15(22-3)10-7-13/h6-12H,4-5,18H2,1-3H3. The molecule has 0 aliphatic carbocycles. The van der Waals surface area contributed by atoms with Crippen LogP contribution in [0.2, 0.25) is 0 Å². The maximum Gasteiger partial charge on any atom is 0.243 e. The van der Waals surface area contributed by atoms with Gasteiger partial charge in [-0.2, -0.15) is 4.31 Å². The molecule has 2 aromatic carbocycles. The van der Waals surface area contributed by atoms with Crippen molar-refractivity contribution in [3.63, 3.8) is 0 Å². The van der Waals surface area contributed by atoms with Gasteiger partial charge in [0.05, 0.1) is 12.0 Å². The van der Waals surface area contributed by atoms with Gasteiger partial charge >= 0.3 is 0 Å². The van der Waals surface area contributed by atoms with Crippen LogP contribution >= 0.6 is 0 Å². The maximum absolute atomic E-state index is 12.9. The average Bonchev–Trinajstić information content (AvgIpc) is 2.56. The second-order valence-corrected chi connectivity index (χ2v) is 6.98. The number of nitrogens with two attached hydrogens (primary N) is 1. The number of methoxy groups -OCH3 is 1. The zero-order valence-electron chi connectivity index (χ0n) is 13.6. The first kappa shape index (κ1) is 17.3. The van der Waals surface area contributed by atoms with Gasteiger partial charge in [-0.25, -0.2) is 8.42 Å². The first-order valence-electron chi connectivity index (χ1n) is 7.48. The summed E-state index contributed by atoms with van der Waals surface area (Å²) in [6, 6.07) is 12.3. The van der Waals surface area contributed by atoms with E-state index in [0.717, 1.165) is 11.3 Å². The number of nitrogens with zero attached hydrogens (tertiary/aromatic N) is 1. The molecule has 0 unspecified atom stereocenters. The molecule has 0 spiro atoms. The van der Waals surface area contributed by atoms with Gasteiger partial charge in [0.15, 0.2) is 0 Å². The van der Waals surface area contributed by atoms with Crippen molar-refractivity contribution < 1.29 is 13.2 Å². The van der Waals surface area contributed by atoms with Crippen molar-refractivity contribution in [3.8, 4) is 16.9 Å². The SMILES string of the molecule is CCN(CC)S(=O)(=O)c1cc(N)ccc1-c1ccc(OC)cc1. The predicted octanol–water partition coefficient (Wildman–Crippen LogP) is 2.97. The van der Waals surface area contributed by atoms with E-state index >= 15 is 0 Å². The number of benzene rings is 2. The van der Waals surface area contributed by atoms with Crippen molar-refractivity contribution >= 4 is 15.7 Å². The molecule has 0 fully saturated rings. The summed E-state index contributed by atoms with van der Waals surface area (Å²) in [5.41, 5.74) is 7.69. The second-order valence-electron chi connectivity index (χ2n) is 5.07. The summed E-state index contributed by atoms with van der Waals surface area (Å²) in [6.07, 6.45) is 0. The number of nitrogen functional groups attached to an aromatic ring is 1. The van der Waals surface area contributed by atoms with E-state index in [0.29, 0.717) is 24.3 Å². The zero-order valence-corrected chi connectivity index (χ0v) is 14.4. The highest BCUT2D eigenvalue weighted by molar-refractivity contribution is 7.89. The van der Waals surface area contributed by atoms with Gasteiger partial charge in [0, 0.05) is 24.3 Å². The minimum absolute atomic E-state index is 0.228. The smallest absolute Gasteiger partial charge is 0.243 e. The van der Waals surface area contributed by atoms with Crippen LogP contribution in [0.25, 0.3) is 11.1 Å². The maximum atomic E-state index is 12.9. The Morgan fingerprint density at radius 3 is 2.17 bits per heavy atom. The van der Waals surface area contributed by atoms with E-state index in [-0.39, 0.29) is 4.90 Å². The van der Waals surface area contributed by atoms with Crippen molar-refractivity contribution in [2.75, 3.05) is 25.9 Å². The van der Waals surface area contributed by atoms with E-state index in [9.17, 15) is 8.42 Å². The Bertz CT molecular complexity index is 767. The molecule has 6 heteroatoms. The summed E-state index contributed by atoms with van der Waals surface area (Å²) in [7, 11) is -2.00. The Labute approximate surface area is 137 Å². The lowest BCUT2D eigenvalue weighted by atomic mass is 10.1. The normalized spacial score (nSPS) is 11.7. The van der Waals surface area contributed by atoms with Gasteiger partial charge in [0.1, 0.15) is 5.75 Å². The third-order valence-corrected chi connectivity index (χ3v) is 5.82. The molecule has 0 saturated carbocycles. The summed E-state index contributed by atoms with van der Waals surface area (Å²) in [6.45, 7) is 4.46. The molecule has 0 radical (unpaired) electrons. The number of rotatable bonds is 6. The quantitative estimate of drug-likeness (QED) is 0.824. The highest BCUT2D eigenvalue weighted by Gasteiger charge is 2.25. The molecule has 0 heterocycles. The number of hydrogen-bond donors (Lipinski definition) is 1. The molecule has 2 aromatic rings. The van der Waals surface area contributed by atoms with Gasteiger partial charge in [-0.05, 0) is 29.8 Å². The van der Waals surface area contributed by atoms with Crippen LogP contribution in [0.3, 0.4) is 0 Å². The van der Waals surface area contributed by atoms with Gasteiger partial charge < -0.3 is 10.5 Å². The fraction of sp³-hybridized carbons (Fsp3) is 0.294. The Kier molecular flexibility index (Phi) is 5.28. The van der Waals surface area contributed by atoms with Gasteiger partial charge in [0.25, 0.3) is 0 Å². The van der Waals surface area contributed by atoms with E-state index < -0.39 is 10.0 Å². The number of anilines is 1. The third kappa shape index (κ3) is 3.48. The highest BCUT2D eigenvalue weighted by atomic mass is 32.2. The summed E-state index contributed by atoms with van der Waals surface area (Å²) in [5.74, 6) is 0.720. The summed E-state index contributed by atoms with van der Waals surface area (Å²) >= 11 is 0. The Balaban J connectivity index is 2.62. The minimum atomic E-state index is -3.60. The average molecular weight is 334 g/mol. The van der Waals surface area contributed by atoms with E-state index in [4.69, 9.17) is 10.5 Å². The van der Waals surface area contributed by atoms with Crippen LogP contribution in [-0.2, 0) is 10.0 Å². The lowest BCUT2D eigenvalue weighted by Gasteiger charge is -2.21. The molecule has 0 amide bonds. The van der Waals surface area contributed by atoms with Crippen LogP contribution in [0.15, 0.2) is 47.4 Å². The van der Waals surface area contributed by atoms with Crippen molar-refractivity contribution in [2.24, 2.45) is 0 Å². The molecule has 0 aliphatic heterocycles. The summed E-state index contributed by atoms with van der Waals surface area (Å²) < 4.78 is 32.4. The molecule has 124 valence electrons. The Morgan fingerprint density at radius 1 is 1.04 bits per heavy atom. The van der Waals surface area contributed by atoms with Crippen LogP contribution in [-0.4, -0.2) is 32.9 Å². The van der Waals surface area contributed by atoms with E-state index in [1.54, 1.807) is 31.4 Å². The molecular formula is C17H22N2O3S. The minimum Gasteiger partial charge on any atom is -0.497 e. The largest absolute Gasteiger partial charge is 0.497 e. The first-order valence-corrected chi connectivity index (χ1v) is 8.92. The number of hydrogen-bond acceptors (Lipinski definition) is 4. The molecule has 2 rings (SSSR count). The zero-order chi connectivity index (χ0) is 17.0. The lowest BCUT2D eigenvalue weighted by Crippen LogP contribution is -2.31. The van der Waals surface area contributed by atoms with Gasteiger partial charge in [-0.1, -0.05) is 32.0 Å². The van der Waals surface area contributed by atoms with Gasteiger partial charge in [-0.15, -0.1) is 0 Å². The number of sulfonamides is 1. The predicted molar refractivity (Wildman–Crippen MR) is 92.9 cm³/mol. The van der Waals surface area contributed by atoms with Crippen LogP contribution < -0.4 is 10.5 Å². The topological polar surface area (TPSA) is 72.6 Å². The summed E-state index contributed by atoms with van der Waals surface area (Å²) in [4.78, 5) is 0.228. The van der Waals surface area contributed by atoms with Crippen molar-refractivity contribution in [1.29, 1.82) is 0 Å². The van der Waals surface area contributed by atoms with Crippen molar-refractivity contribution in [2.45, 2.75) is 18.7 Å². The Morgan fingerprint density at radius 2 is 1.65 bits per heavy atom. The molecule has 0 bridgehead atoms. The molecule has 5 nitrogen and oxygen atoms in total. The van der Waals surface area contributed by atoms with Crippen LogP contribution in [0.4, 0.5) is 5.69 Å². The molecule has 0 saturated heterocycles. The van der Waals surface area contributed by atoms with E-state index in [2.05, 4.69) is 0 Å². The van der Waals surface area contributed by atoms with E-state index in [1.165, 1.54) is 10.4 Å². The van der Waals surface area contributed by atoms with E-state index in [1.807, 2.05) is 26.0 Å². The van der Waals surface area contributed by atoms with Crippen LogP contribution in [0, 0.1) is 0 Å². The number of ether oxygens (including phenoxy) is 1. The van der Waals surface area contributed by atoms with Crippen LogP contribution in [0.5, 0.6) is 5.75 Å². The summed E-state index contributed by atoms with van der Waals surface area (Å²) in [5, 5.41) is 0.